The quantitative estimate of drug-likeness (QED) is 0.358. The molecule has 1 heterocycles. The van der Waals surface area contributed by atoms with Crippen molar-refractivity contribution in [1.29, 1.82) is 0 Å². The number of rotatable bonds is 12. The number of fused-ring (bicyclic) bond motifs is 1. The third-order valence-corrected chi connectivity index (χ3v) is 7.69. The number of benzene rings is 2. The highest BCUT2D eigenvalue weighted by Crippen LogP contribution is 2.34. The Morgan fingerprint density at radius 3 is 2.51 bits per heavy atom. The molecule has 0 fully saturated rings. The van der Waals surface area contributed by atoms with Crippen LogP contribution in [-0.2, 0) is 21.2 Å². The summed E-state index contributed by atoms with van der Waals surface area (Å²) < 4.78 is 39.1. The van der Waals surface area contributed by atoms with Crippen molar-refractivity contribution in [2.45, 2.75) is 56.7 Å². The molecular formula is C27H35N3O6S. The molecule has 10 heteroatoms. The number of aliphatic hydroxyl groups is 1. The molecule has 200 valence electrons. The van der Waals surface area contributed by atoms with Gasteiger partial charge >= 0.3 is 0 Å². The summed E-state index contributed by atoms with van der Waals surface area (Å²) in [4.78, 5) is 12.8. The van der Waals surface area contributed by atoms with E-state index in [4.69, 9.17) is 15.2 Å². The minimum Gasteiger partial charge on any atom is -0.454 e. The number of aliphatic hydroxyl groups excluding tert-OH is 1. The number of nitrogens with zero attached hydrogens (tertiary/aromatic N) is 1. The number of sulfonamides is 1. The van der Waals surface area contributed by atoms with Crippen LogP contribution in [0.2, 0.25) is 0 Å². The van der Waals surface area contributed by atoms with E-state index in [9.17, 15) is 18.3 Å². The fourth-order valence-corrected chi connectivity index (χ4v) is 5.58. The highest BCUT2D eigenvalue weighted by atomic mass is 32.2. The van der Waals surface area contributed by atoms with Crippen molar-refractivity contribution in [3.63, 3.8) is 0 Å². The first-order valence-electron chi connectivity index (χ1n) is 12.2. The molecule has 0 bridgehead atoms. The maximum Gasteiger partial charge on any atom is 0.243 e. The van der Waals surface area contributed by atoms with E-state index in [1.807, 2.05) is 44.2 Å². The van der Waals surface area contributed by atoms with Gasteiger partial charge in [-0.2, -0.15) is 4.31 Å². The van der Waals surface area contributed by atoms with Crippen LogP contribution in [0.25, 0.3) is 0 Å². The van der Waals surface area contributed by atoms with Gasteiger partial charge in [0.25, 0.3) is 0 Å². The maximum absolute atomic E-state index is 13.6. The molecule has 1 unspecified atom stereocenters. The molecule has 3 atom stereocenters. The summed E-state index contributed by atoms with van der Waals surface area (Å²) in [7, 11) is -3.99. The summed E-state index contributed by atoms with van der Waals surface area (Å²) in [5.41, 5.74) is 6.86. The van der Waals surface area contributed by atoms with E-state index >= 15 is 0 Å². The Bertz CT molecular complexity index is 1220. The van der Waals surface area contributed by atoms with E-state index in [0.29, 0.717) is 17.9 Å². The Kier molecular flexibility index (Phi) is 9.94. The fourth-order valence-electron chi connectivity index (χ4n) is 3.95. The summed E-state index contributed by atoms with van der Waals surface area (Å²) in [6.07, 6.45) is -0.746. The van der Waals surface area contributed by atoms with Gasteiger partial charge in [-0.25, -0.2) is 8.42 Å². The second-order valence-electron chi connectivity index (χ2n) is 9.34. The van der Waals surface area contributed by atoms with E-state index in [0.717, 1.165) is 5.56 Å². The average Bonchev–Trinajstić information content (AvgIpc) is 3.34. The molecule has 4 N–H and O–H groups in total. The molecule has 37 heavy (non-hydrogen) atoms. The summed E-state index contributed by atoms with van der Waals surface area (Å²) in [6, 6.07) is 12.1. The second-order valence-corrected chi connectivity index (χ2v) is 11.3. The normalized spacial score (nSPS) is 15.1. The van der Waals surface area contributed by atoms with E-state index in [1.165, 1.54) is 16.4 Å². The standard InChI is InChI=1S/C27H35N3O6S/c1-4-5-11-22(28)27(32)29-23(14-20-9-7-6-8-10-20)24(31)17-30(16-19(2)3)37(33,34)21-12-13-25-26(15-21)36-18-35-25/h6-10,12-13,15,19,22-24,31H,11,14,16-18,28H2,1-3H3,(H,29,32)/t22-,23?,24+/m0/s1. The van der Waals surface area contributed by atoms with Gasteiger partial charge < -0.3 is 25.6 Å². The zero-order valence-electron chi connectivity index (χ0n) is 21.4. The van der Waals surface area contributed by atoms with Crippen molar-refractivity contribution in [3.05, 3.63) is 54.1 Å². The highest BCUT2D eigenvalue weighted by Gasteiger charge is 2.33. The van der Waals surface area contributed by atoms with Crippen molar-refractivity contribution in [3.8, 4) is 23.3 Å². The minimum absolute atomic E-state index is 0.0146. The van der Waals surface area contributed by atoms with Gasteiger partial charge in [-0.1, -0.05) is 44.2 Å². The zero-order chi connectivity index (χ0) is 27.0. The fraction of sp³-hybridized carbons (Fsp3) is 0.444. The zero-order valence-corrected chi connectivity index (χ0v) is 22.2. The van der Waals surface area contributed by atoms with Gasteiger partial charge in [-0.05, 0) is 37.0 Å². The molecule has 1 aliphatic heterocycles. The Labute approximate surface area is 219 Å². The number of nitrogens with one attached hydrogen (secondary N) is 1. The third-order valence-electron chi connectivity index (χ3n) is 5.87. The Morgan fingerprint density at radius 1 is 1.14 bits per heavy atom. The van der Waals surface area contributed by atoms with Crippen molar-refractivity contribution in [2.24, 2.45) is 11.7 Å². The first-order valence-corrected chi connectivity index (χ1v) is 13.6. The molecule has 1 amide bonds. The molecule has 0 spiro atoms. The monoisotopic (exact) mass is 529 g/mol. The van der Waals surface area contributed by atoms with Gasteiger partial charge in [-0.15, -0.1) is 11.8 Å². The maximum atomic E-state index is 13.6. The molecule has 2 aromatic carbocycles. The van der Waals surface area contributed by atoms with Gasteiger partial charge in [0, 0.05) is 25.6 Å². The number of ether oxygens (including phenoxy) is 2. The molecule has 0 saturated carbocycles. The van der Waals surface area contributed by atoms with Crippen LogP contribution in [-0.4, -0.2) is 61.8 Å². The third kappa shape index (κ3) is 7.69. The van der Waals surface area contributed by atoms with E-state index < -0.39 is 34.1 Å². The second kappa shape index (κ2) is 12.9. The predicted octanol–water partition coefficient (Wildman–Crippen LogP) is 1.89. The van der Waals surface area contributed by atoms with Crippen LogP contribution in [0, 0.1) is 17.8 Å². The Balaban J connectivity index is 1.85. The van der Waals surface area contributed by atoms with Crippen LogP contribution in [0.5, 0.6) is 11.5 Å². The van der Waals surface area contributed by atoms with E-state index in [1.54, 1.807) is 13.0 Å². The molecule has 2 aromatic rings. The van der Waals surface area contributed by atoms with Gasteiger partial charge in [-0.3, -0.25) is 4.79 Å². The number of amides is 1. The van der Waals surface area contributed by atoms with Crippen LogP contribution in [0.4, 0.5) is 0 Å². The molecule has 0 radical (unpaired) electrons. The summed E-state index contributed by atoms with van der Waals surface area (Å²) in [6.45, 7) is 5.43. The molecule has 0 aromatic heterocycles. The minimum atomic E-state index is -3.99. The van der Waals surface area contributed by atoms with Crippen molar-refractivity contribution in [1.82, 2.24) is 9.62 Å². The Hall–Kier alpha value is -3.10. The van der Waals surface area contributed by atoms with Gasteiger partial charge in [0.05, 0.1) is 23.1 Å². The van der Waals surface area contributed by atoms with E-state index in [-0.39, 0.29) is 37.1 Å². The van der Waals surface area contributed by atoms with Gasteiger partial charge in [0.1, 0.15) is 0 Å². The summed E-state index contributed by atoms with van der Waals surface area (Å²) >= 11 is 0. The molecule has 9 nitrogen and oxygen atoms in total. The van der Waals surface area contributed by atoms with Crippen LogP contribution >= 0.6 is 0 Å². The van der Waals surface area contributed by atoms with Crippen LogP contribution < -0.4 is 20.5 Å². The van der Waals surface area contributed by atoms with Crippen molar-refractivity contribution >= 4 is 15.9 Å². The van der Waals surface area contributed by atoms with Gasteiger partial charge in [0.2, 0.25) is 22.7 Å². The van der Waals surface area contributed by atoms with Crippen LogP contribution in [0.1, 0.15) is 32.8 Å². The lowest BCUT2D eigenvalue weighted by Gasteiger charge is -2.31. The molecule has 0 saturated heterocycles. The number of carbonyl (C=O) groups excluding carboxylic acids is 1. The Morgan fingerprint density at radius 2 is 1.84 bits per heavy atom. The largest absolute Gasteiger partial charge is 0.454 e. The van der Waals surface area contributed by atoms with Crippen LogP contribution in [0.15, 0.2) is 53.4 Å². The first-order chi connectivity index (χ1) is 17.6. The lowest BCUT2D eigenvalue weighted by Crippen LogP contribution is -2.54. The molecule has 1 aliphatic rings. The van der Waals surface area contributed by atoms with Crippen LogP contribution in [0.3, 0.4) is 0 Å². The highest BCUT2D eigenvalue weighted by molar-refractivity contribution is 7.89. The topological polar surface area (TPSA) is 131 Å². The number of carbonyl (C=O) groups is 1. The molecule has 0 aliphatic carbocycles. The molecular weight excluding hydrogens is 494 g/mol. The number of hydrogen-bond donors (Lipinski definition) is 3. The number of hydrogen-bond acceptors (Lipinski definition) is 7. The smallest absolute Gasteiger partial charge is 0.243 e. The van der Waals surface area contributed by atoms with Gasteiger partial charge in [0.15, 0.2) is 11.5 Å². The lowest BCUT2D eigenvalue weighted by atomic mass is 10.00. The van der Waals surface area contributed by atoms with Crippen molar-refractivity contribution < 1.29 is 27.8 Å². The lowest BCUT2D eigenvalue weighted by molar-refractivity contribution is -0.123. The van der Waals surface area contributed by atoms with E-state index in [2.05, 4.69) is 17.2 Å². The van der Waals surface area contributed by atoms with Crippen molar-refractivity contribution in [2.75, 3.05) is 19.9 Å². The predicted molar refractivity (Wildman–Crippen MR) is 140 cm³/mol. The molecule has 3 rings (SSSR count). The average molecular weight is 530 g/mol. The number of nitrogens with two attached hydrogens (primary N) is 1. The summed E-state index contributed by atoms with van der Waals surface area (Å²) in [5, 5.41) is 14.1. The SMILES string of the molecule is CC#CC[C@H](N)C(=O)NC(Cc1ccccc1)[C@H](O)CN(CC(C)C)S(=O)(=O)c1ccc2c(c1)OCO2. The summed E-state index contributed by atoms with van der Waals surface area (Å²) in [5.74, 6) is 5.85. The first kappa shape index (κ1) is 28.5.